The Labute approximate surface area is 162 Å². The Morgan fingerprint density at radius 2 is 1.75 bits per heavy atom. The van der Waals surface area contributed by atoms with E-state index in [1.807, 2.05) is 24.3 Å². The molecule has 0 atom stereocenters. The van der Waals surface area contributed by atoms with Crippen molar-refractivity contribution < 1.29 is 18.8 Å². The Balaban J connectivity index is 1.54. The van der Waals surface area contributed by atoms with Gasteiger partial charge in [0.05, 0.1) is 12.8 Å². The van der Waals surface area contributed by atoms with E-state index in [0.29, 0.717) is 5.76 Å². The number of hydrogen-bond acceptors (Lipinski definition) is 5. The lowest BCUT2D eigenvalue weighted by Gasteiger charge is -2.28. The molecule has 2 aromatic rings. The van der Waals surface area contributed by atoms with Crippen molar-refractivity contribution in [2.24, 2.45) is 0 Å². The van der Waals surface area contributed by atoms with Crippen LogP contribution in [0.3, 0.4) is 0 Å². The van der Waals surface area contributed by atoms with Gasteiger partial charge in [0.1, 0.15) is 11.3 Å². The summed E-state index contributed by atoms with van der Waals surface area (Å²) in [6, 6.07) is 10.3. The van der Waals surface area contributed by atoms with Crippen LogP contribution in [0.2, 0.25) is 0 Å². The average molecular weight is 379 g/mol. The standard InChI is InChI=1S/C21H21N3O4/c25-19-18(20(26)24(21(27)22-19)14-17-5-4-12-28-17)13-15-6-8-16(9-7-15)23-10-2-1-3-11-23/h4-9,12-13H,1-3,10-11,14H2,(H,22,25,27)/b18-13+. The van der Waals surface area contributed by atoms with Gasteiger partial charge in [0.25, 0.3) is 11.8 Å². The average Bonchev–Trinajstić information content (AvgIpc) is 3.23. The number of rotatable bonds is 4. The van der Waals surface area contributed by atoms with E-state index < -0.39 is 17.8 Å². The fourth-order valence-electron chi connectivity index (χ4n) is 3.50. The lowest BCUT2D eigenvalue weighted by molar-refractivity contribution is -0.130. The van der Waals surface area contributed by atoms with E-state index in [1.165, 1.54) is 31.6 Å². The van der Waals surface area contributed by atoms with Crippen molar-refractivity contribution in [2.75, 3.05) is 18.0 Å². The molecule has 0 unspecified atom stereocenters. The van der Waals surface area contributed by atoms with Gasteiger partial charge in [-0.1, -0.05) is 12.1 Å². The number of amides is 4. The molecule has 0 spiro atoms. The summed E-state index contributed by atoms with van der Waals surface area (Å²) in [6.07, 6.45) is 6.64. The first-order valence-electron chi connectivity index (χ1n) is 9.38. The lowest BCUT2D eigenvalue weighted by Crippen LogP contribution is -2.53. The number of nitrogens with one attached hydrogen (secondary N) is 1. The van der Waals surface area contributed by atoms with Gasteiger partial charge in [0, 0.05) is 18.8 Å². The molecule has 0 saturated carbocycles. The van der Waals surface area contributed by atoms with E-state index in [1.54, 1.807) is 12.1 Å². The number of furan rings is 1. The van der Waals surface area contributed by atoms with Gasteiger partial charge in [-0.15, -0.1) is 0 Å². The highest BCUT2D eigenvalue weighted by Crippen LogP contribution is 2.22. The first-order chi connectivity index (χ1) is 13.6. The molecule has 1 aromatic carbocycles. The summed E-state index contributed by atoms with van der Waals surface area (Å²) in [5.41, 5.74) is 1.79. The van der Waals surface area contributed by atoms with Crippen LogP contribution in [0.5, 0.6) is 0 Å². The highest BCUT2D eigenvalue weighted by Gasteiger charge is 2.36. The van der Waals surface area contributed by atoms with Crippen molar-refractivity contribution in [1.82, 2.24) is 10.2 Å². The van der Waals surface area contributed by atoms with Gasteiger partial charge >= 0.3 is 6.03 Å². The van der Waals surface area contributed by atoms with Crippen molar-refractivity contribution in [3.8, 4) is 0 Å². The second-order valence-electron chi connectivity index (χ2n) is 6.93. The van der Waals surface area contributed by atoms with Crippen molar-refractivity contribution >= 4 is 29.6 Å². The minimum absolute atomic E-state index is 0.0316. The molecule has 0 radical (unpaired) electrons. The zero-order chi connectivity index (χ0) is 19.5. The number of nitrogens with zero attached hydrogens (tertiary/aromatic N) is 2. The zero-order valence-corrected chi connectivity index (χ0v) is 15.4. The van der Waals surface area contributed by atoms with E-state index in [4.69, 9.17) is 4.42 Å². The maximum atomic E-state index is 12.7. The van der Waals surface area contributed by atoms with Crippen LogP contribution < -0.4 is 10.2 Å². The molecule has 0 bridgehead atoms. The molecule has 3 heterocycles. The monoisotopic (exact) mass is 379 g/mol. The Kier molecular flexibility index (Phi) is 4.97. The quantitative estimate of drug-likeness (QED) is 0.652. The van der Waals surface area contributed by atoms with Crippen molar-refractivity contribution in [3.63, 3.8) is 0 Å². The van der Waals surface area contributed by atoms with E-state index in [-0.39, 0.29) is 12.1 Å². The normalized spacial score (nSPS) is 19.3. The van der Waals surface area contributed by atoms with E-state index in [0.717, 1.165) is 29.2 Å². The van der Waals surface area contributed by atoms with Crippen LogP contribution in [0.15, 0.2) is 52.7 Å². The molecule has 2 saturated heterocycles. The summed E-state index contributed by atoms with van der Waals surface area (Å²) in [4.78, 5) is 40.3. The van der Waals surface area contributed by atoms with Crippen molar-refractivity contribution in [3.05, 3.63) is 59.6 Å². The number of carbonyl (C=O) groups excluding carboxylic acids is 3. The minimum atomic E-state index is -0.746. The Bertz CT molecular complexity index is 910. The van der Waals surface area contributed by atoms with Gasteiger partial charge in [-0.3, -0.25) is 19.8 Å². The predicted molar refractivity (Wildman–Crippen MR) is 103 cm³/mol. The van der Waals surface area contributed by atoms with Gasteiger partial charge in [0.15, 0.2) is 0 Å². The fraction of sp³-hybridized carbons (Fsp3) is 0.286. The van der Waals surface area contributed by atoms with Crippen molar-refractivity contribution in [2.45, 2.75) is 25.8 Å². The molecular formula is C21H21N3O4. The molecule has 7 heteroatoms. The zero-order valence-electron chi connectivity index (χ0n) is 15.4. The first kappa shape index (κ1) is 18.0. The summed E-state index contributed by atoms with van der Waals surface area (Å²) in [5, 5.41) is 2.21. The van der Waals surface area contributed by atoms with Gasteiger partial charge in [-0.05, 0) is 55.2 Å². The third-order valence-corrected chi connectivity index (χ3v) is 5.01. The number of barbiturate groups is 1. The Hall–Kier alpha value is -3.35. The summed E-state index contributed by atoms with van der Waals surface area (Å²) in [6.45, 7) is 2.06. The smallest absolute Gasteiger partial charge is 0.331 e. The number of hydrogen-bond donors (Lipinski definition) is 1. The van der Waals surface area contributed by atoms with Crippen LogP contribution in [-0.2, 0) is 16.1 Å². The highest BCUT2D eigenvalue weighted by molar-refractivity contribution is 6.30. The molecule has 28 heavy (non-hydrogen) atoms. The highest BCUT2D eigenvalue weighted by atomic mass is 16.3. The maximum absolute atomic E-state index is 12.7. The lowest BCUT2D eigenvalue weighted by atomic mass is 10.1. The molecule has 4 rings (SSSR count). The predicted octanol–water partition coefficient (Wildman–Crippen LogP) is 2.93. The molecule has 2 aliphatic heterocycles. The SMILES string of the molecule is O=C1NC(=O)N(Cc2ccco2)C(=O)/C1=C/c1ccc(N2CCCCC2)cc1. The maximum Gasteiger partial charge on any atom is 0.331 e. The number of imide groups is 2. The Morgan fingerprint density at radius 1 is 1.00 bits per heavy atom. The molecule has 4 amide bonds. The number of urea groups is 1. The van der Waals surface area contributed by atoms with E-state index in [2.05, 4.69) is 10.2 Å². The van der Waals surface area contributed by atoms with Crippen LogP contribution in [-0.4, -0.2) is 35.8 Å². The summed E-state index contributed by atoms with van der Waals surface area (Å²) >= 11 is 0. The Morgan fingerprint density at radius 3 is 2.43 bits per heavy atom. The third-order valence-electron chi connectivity index (χ3n) is 5.01. The molecule has 2 aliphatic rings. The molecule has 7 nitrogen and oxygen atoms in total. The molecule has 0 aliphatic carbocycles. The van der Waals surface area contributed by atoms with Crippen LogP contribution in [0.1, 0.15) is 30.6 Å². The number of piperidine rings is 1. The second-order valence-corrected chi connectivity index (χ2v) is 6.93. The van der Waals surface area contributed by atoms with Crippen LogP contribution >= 0.6 is 0 Å². The molecule has 1 N–H and O–H groups in total. The third kappa shape index (κ3) is 3.69. The number of anilines is 1. The number of carbonyl (C=O) groups is 3. The van der Waals surface area contributed by atoms with Crippen LogP contribution in [0.4, 0.5) is 10.5 Å². The number of benzene rings is 1. The summed E-state index contributed by atoms with van der Waals surface area (Å²) in [7, 11) is 0. The van der Waals surface area contributed by atoms with Gasteiger partial charge in [-0.2, -0.15) is 0 Å². The molecular weight excluding hydrogens is 358 g/mol. The van der Waals surface area contributed by atoms with Crippen LogP contribution in [0.25, 0.3) is 6.08 Å². The van der Waals surface area contributed by atoms with Crippen molar-refractivity contribution in [1.29, 1.82) is 0 Å². The van der Waals surface area contributed by atoms with Crippen LogP contribution in [0, 0.1) is 0 Å². The molecule has 144 valence electrons. The molecule has 2 fully saturated rings. The fourth-order valence-corrected chi connectivity index (χ4v) is 3.50. The first-order valence-corrected chi connectivity index (χ1v) is 9.38. The van der Waals surface area contributed by atoms with E-state index >= 15 is 0 Å². The van der Waals surface area contributed by atoms with E-state index in [9.17, 15) is 14.4 Å². The molecule has 1 aromatic heterocycles. The van der Waals surface area contributed by atoms with Gasteiger partial charge in [-0.25, -0.2) is 4.79 Å². The topological polar surface area (TPSA) is 82.9 Å². The summed E-state index contributed by atoms with van der Waals surface area (Å²) < 4.78 is 5.20. The summed E-state index contributed by atoms with van der Waals surface area (Å²) in [5.74, 6) is -0.862. The minimum Gasteiger partial charge on any atom is -0.467 e. The second kappa shape index (κ2) is 7.72. The largest absolute Gasteiger partial charge is 0.467 e. The van der Waals surface area contributed by atoms with Gasteiger partial charge in [0.2, 0.25) is 0 Å². The van der Waals surface area contributed by atoms with Gasteiger partial charge < -0.3 is 9.32 Å².